The molecule has 1 aliphatic heterocycles. The highest BCUT2D eigenvalue weighted by Crippen LogP contribution is 2.37. The van der Waals surface area contributed by atoms with Crippen LogP contribution in [-0.2, 0) is 0 Å². The van der Waals surface area contributed by atoms with Crippen LogP contribution in [0.3, 0.4) is 0 Å². The van der Waals surface area contributed by atoms with Gasteiger partial charge in [0.25, 0.3) is 0 Å². The Balaban J connectivity index is 2.38. The molecule has 1 aromatic carbocycles. The van der Waals surface area contributed by atoms with Crippen molar-refractivity contribution in [3.63, 3.8) is 0 Å². The summed E-state index contributed by atoms with van der Waals surface area (Å²) in [5, 5.41) is 3.56. The molecule has 0 amide bonds. The van der Waals surface area contributed by atoms with Crippen LogP contribution in [0.1, 0.15) is 19.4 Å². The van der Waals surface area contributed by atoms with Gasteiger partial charge in [-0.05, 0) is 38.5 Å². The molecule has 0 atom stereocenters. The standard InChI is InChI=1S/C11H15NS/c1-8-4-5-10-9(6-8)12-11(2,3)7-13-10/h4-6,12H,7H2,1-3H3. The Kier molecular flexibility index (Phi) is 2.03. The van der Waals surface area contributed by atoms with Gasteiger partial charge in [0.1, 0.15) is 0 Å². The van der Waals surface area contributed by atoms with E-state index >= 15 is 0 Å². The summed E-state index contributed by atoms with van der Waals surface area (Å²) in [4.78, 5) is 1.38. The molecule has 0 bridgehead atoms. The number of hydrogen-bond acceptors (Lipinski definition) is 2. The van der Waals surface area contributed by atoms with E-state index in [0.717, 1.165) is 5.75 Å². The molecule has 0 radical (unpaired) electrons. The third kappa shape index (κ3) is 1.83. The number of fused-ring (bicyclic) bond motifs is 1. The Labute approximate surface area is 83.9 Å². The van der Waals surface area contributed by atoms with E-state index in [4.69, 9.17) is 0 Å². The molecule has 70 valence electrons. The van der Waals surface area contributed by atoms with Crippen molar-refractivity contribution in [3.8, 4) is 0 Å². The van der Waals surface area contributed by atoms with Crippen LogP contribution in [0.5, 0.6) is 0 Å². The highest BCUT2D eigenvalue weighted by atomic mass is 32.2. The Morgan fingerprint density at radius 2 is 2.15 bits per heavy atom. The predicted octanol–water partition coefficient (Wildman–Crippen LogP) is 3.29. The molecule has 0 saturated heterocycles. The van der Waals surface area contributed by atoms with Crippen molar-refractivity contribution in [2.45, 2.75) is 31.2 Å². The zero-order valence-corrected chi connectivity index (χ0v) is 9.16. The normalized spacial score (nSPS) is 19.0. The fraction of sp³-hybridized carbons (Fsp3) is 0.455. The van der Waals surface area contributed by atoms with Gasteiger partial charge in [-0.3, -0.25) is 0 Å². The zero-order valence-electron chi connectivity index (χ0n) is 8.35. The van der Waals surface area contributed by atoms with E-state index < -0.39 is 0 Å². The van der Waals surface area contributed by atoms with Gasteiger partial charge in [-0.15, -0.1) is 11.8 Å². The molecule has 0 unspecified atom stereocenters. The highest BCUT2D eigenvalue weighted by molar-refractivity contribution is 7.99. The van der Waals surface area contributed by atoms with Gasteiger partial charge in [0, 0.05) is 21.9 Å². The Morgan fingerprint density at radius 3 is 2.92 bits per heavy atom. The van der Waals surface area contributed by atoms with E-state index in [1.807, 2.05) is 11.8 Å². The lowest BCUT2D eigenvalue weighted by Crippen LogP contribution is -2.36. The number of nitrogens with one attached hydrogen (secondary N) is 1. The molecule has 0 spiro atoms. The van der Waals surface area contributed by atoms with Gasteiger partial charge < -0.3 is 5.32 Å². The summed E-state index contributed by atoms with van der Waals surface area (Å²) >= 11 is 1.94. The maximum atomic E-state index is 3.56. The summed E-state index contributed by atoms with van der Waals surface area (Å²) in [7, 11) is 0. The lowest BCUT2D eigenvalue weighted by atomic mass is 10.1. The molecule has 1 N–H and O–H groups in total. The number of thioether (sulfide) groups is 1. The van der Waals surface area contributed by atoms with Gasteiger partial charge in [0.2, 0.25) is 0 Å². The van der Waals surface area contributed by atoms with E-state index in [-0.39, 0.29) is 5.54 Å². The largest absolute Gasteiger partial charge is 0.378 e. The van der Waals surface area contributed by atoms with Crippen molar-refractivity contribution in [2.75, 3.05) is 11.1 Å². The lowest BCUT2D eigenvalue weighted by Gasteiger charge is -2.33. The molecule has 13 heavy (non-hydrogen) atoms. The molecule has 2 heteroatoms. The van der Waals surface area contributed by atoms with Crippen LogP contribution in [0.2, 0.25) is 0 Å². The van der Waals surface area contributed by atoms with Gasteiger partial charge in [0.15, 0.2) is 0 Å². The van der Waals surface area contributed by atoms with Gasteiger partial charge in [0.05, 0.1) is 0 Å². The molecule has 0 fully saturated rings. The summed E-state index contributed by atoms with van der Waals surface area (Å²) in [5.74, 6) is 1.14. The summed E-state index contributed by atoms with van der Waals surface area (Å²) in [6, 6.07) is 6.60. The molecule has 1 nitrogen and oxygen atoms in total. The highest BCUT2D eigenvalue weighted by Gasteiger charge is 2.24. The molecule has 2 rings (SSSR count). The van der Waals surface area contributed by atoms with Gasteiger partial charge in [-0.2, -0.15) is 0 Å². The van der Waals surface area contributed by atoms with Crippen molar-refractivity contribution in [1.82, 2.24) is 0 Å². The first-order chi connectivity index (χ1) is 6.07. The van der Waals surface area contributed by atoms with Gasteiger partial charge in [-0.1, -0.05) is 6.07 Å². The van der Waals surface area contributed by atoms with Crippen LogP contribution >= 0.6 is 11.8 Å². The average molecular weight is 193 g/mol. The van der Waals surface area contributed by atoms with E-state index in [2.05, 4.69) is 44.3 Å². The molecular weight excluding hydrogens is 178 g/mol. The molecule has 0 saturated carbocycles. The van der Waals surface area contributed by atoms with Gasteiger partial charge >= 0.3 is 0 Å². The van der Waals surface area contributed by atoms with Gasteiger partial charge in [-0.25, -0.2) is 0 Å². The third-order valence-corrected chi connectivity index (χ3v) is 3.73. The first-order valence-electron chi connectivity index (χ1n) is 4.58. The maximum Gasteiger partial charge on any atom is 0.0485 e. The van der Waals surface area contributed by atoms with Crippen molar-refractivity contribution in [3.05, 3.63) is 23.8 Å². The maximum absolute atomic E-state index is 3.56. The smallest absolute Gasteiger partial charge is 0.0485 e. The summed E-state index contributed by atoms with van der Waals surface area (Å²) < 4.78 is 0. The zero-order chi connectivity index (χ0) is 9.47. The number of hydrogen-bond donors (Lipinski definition) is 1. The fourth-order valence-corrected chi connectivity index (χ4v) is 2.54. The second kappa shape index (κ2) is 2.95. The number of benzene rings is 1. The lowest BCUT2D eigenvalue weighted by molar-refractivity contribution is 0.637. The van der Waals surface area contributed by atoms with Crippen LogP contribution in [0.25, 0.3) is 0 Å². The summed E-state index contributed by atoms with van der Waals surface area (Å²) in [6.45, 7) is 6.62. The van der Waals surface area contributed by atoms with E-state index in [0.29, 0.717) is 0 Å². The molecule has 1 aliphatic rings. The van der Waals surface area contributed by atoms with Crippen LogP contribution < -0.4 is 5.32 Å². The predicted molar refractivity (Wildman–Crippen MR) is 59.6 cm³/mol. The van der Waals surface area contributed by atoms with Crippen LogP contribution in [0, 0.1) is 6.92 Å². The molecule has 1 heterocycles. The second-order valence-corrected chi connectivity index (χ2v) is 5.31. The number of rotatable bonds is 0. The average Bonchev–Trinajstić information content (AvgIpc) is 2.01. The van der Waals surface area contributed by atoms with E-state index in [1.165, 1.54) is 16.1 Å². The SMILES string of the molecule is Cc1ccc2c(c1)NC(C)(C)CS2. The van der Waals surface area contributed by atoms with Crippen LogP contribution in [0.15, 0.2) is 23.1 Å². The third-order valence-electron chi connectivity index (χ3n) is 2.20. The minimum atomic E-state index is 0.228. The molecule has 0 aromatic heterocycles. The van der Waals surface area contributed by atoms with Crippen molar-refractivity contribution in [2.24, 2.45) is 0 Å². The molecule has 0 aliphatic carbocycles. The monoisotopic (exact) mass is 193 g/mol. The van der Waals surface area contributed by atoms with E-state index in [9.17, 15) is 0 Å². The first kappa shape index (κ1) is 8.95. The minimum absolute atomic E-state index is 0.228. The second-order valence-electron chi connectivity index (χ2n) is 4.30. The number of aryl methyl sites for hydroxylation is 1. The van der Waals surface area contributed by atoms with Crippen LogP contribution in [-0.4, -0.2) is 11.3 Å². The Morgan fingerprint density at radius 1 is 1.38 bits per heavy atom. The van der Waals surface area contributed by atoms with Crippen molar-refractivity contribution < 1.29 is 0 Å². The van der Waals surface area contributed by atoms with E-state index in [1.54, 1.807) is 0 Å². The minimum Gasteiger partial charge on any atom is -0.378 e. The topological polar surface area (TPSA) is 12.0 Å². The summed E-state index contributed by atoms with van der Waals surface area (Å²) in [6.07, 6.45) is 0. The molecule has 1 aromatic rings. The Hall–Kier alpha value is -0.630. The van der Waals surface area contributed by atoms with Crippen molar-refractivity contribution in [1.29, 1.82) is 0 Å². The quantitative estimate of drug-likeness (QED) is 0.678. The summed E-state index contributed by atoms with van der Waals surface area (Å²) in [5.41, 5.74) is 2.84. The number of anilines is 1. The fourth-order valence-electron chi connectivity index (χ4n) is 1.53. The first-order valence-corrected chi connectivity index (χ1v) is 5.57. The van der Waals surface area contributed by atoms with Crippen molar-refractivity contribution >= 4 is 17.4 Å². The molecular formula is C11H15NS. The Bertz CT molecular complexity index is 331. The van der Waals surface area contributed by atoms with Crippen LogP contribution in [0.4, 0.5) is 5.69 Å².